The monoisotopic (exact) mass is 336 g/mol. The Morgan fingerprint density at radius 2 is 2.17 bits per heavy atom. The van der Waals surface area contributed by atoms with Crippen molar-refractivity contribution >= 4 is 11.7 Å². The lowest BCUT2D eigenvalue weighted by Gasteiger charge is -2.54. The summed E-state index contributed by atoms with van der Waals surface area (Å²) >= 11 is 0. The lowest BCUT2D eigenvalue weighted by Crippen LogP contribution is -2.67. The summed E-state index contributed by atoms with van der Waals surface area (Å²) in [5, 5.41) is 5.56. The molecule has 1 aromatic rings. The van der Waals surface area contributed by atoms with Gasteiger partial charge in [-0.15, -0.1) is 0 Å². The minimum atomic E-state index is -0.516. The number of anilines is 1. The number of fused-ring (bicyclic) bond motifs is 1. The molecule has 1 aliphatic carbocycles. The first kappa shape index (κ1) is 17.0. The lowest BCUT2D eigenvalue weighted by atomic mass is 9.57. The fourth-order valence-corrected chi connectivity index (χ4v) is 3.86. The highest BCUT2D eigenvalue weighted by atomic mass is 19.1. The summed E-state index contributed by atoms with van der Waals surface area (Å²) in [5.41, 5.74) is 0.0337. The molecule has 0 bridgehead atoms. The molecule has 3 rings (SSSR count). The highest BCUT2D eigenvalue weighted by Gasteiger charge is 2.59. The Morgan fingerprint density at radius 3 is 2.83 bits per heavy atom. The zero-order valence-corrected chi connectivity index (χ0v) is 14.6. The summed E-state index contributed by atoms with van der Waals surface area (Å²) < 4.78 is 25.3. The zero-order chi connectivity index (χ0) is 17.5. The van der Waals surface area contributed by atoms with Crippen LogP contribution in [0.25, 0.3) is 0 Å². The molecule has 1 saturated heterocycles. The largest absolute Gasteiger partial charge is 0.491 e. The summed E-state index contributed by atoms with van der Waals surface area (Å²) in [6, 6.07) is 4.09. The van der Waals surface area contributed by atoms with Gasteiger partial charge in [0.2, 0.25) is 0 Å². The molecular weight excluding hydrogens is 311 g/mol. The number of hydrogen-bond donors (Lipinski definition) is 2. The molecule has 2 fully saturated rings. The van der Waals surface area contributed by atoms with Crippen LogP contribution in [0.1, 0.15) is 34.1 Å². The van der Waals surface area contributed by atoms with Crippen molar-refractivity contribution in [3.8, 4) is 5.75 Å². The molecule has 1 heterocycles. The number of carbonyl (C=O) groups is 1. The van der Waals surface area contributed by atoms with Crippen molar-refractivity contribution in [2.24, 2.45) is 11.3 Å². The fraction of sp³-hybridized carbons (Fsp3) is 0.611. The van der Waals surface area contributed by atoms with E-state index in [0.717, 1.165) is 13.0 Å². The average molecular weight is 336 g/mol. The second-order valence-electron chi connectivity index (χ2n) is 7.45. The lowest BCUT2D eigenvalue weighted by molar-refractivity contribution is -0.107. The van der Waals surface area contributed by atoms with Gasteiger partial charge in [-0.2, -0.15) is 0 Å². The minimum Gasteiger partial charge on any atom is -0.491 e. The van der Waals surface area contributed by atoms with Gasteiger partial charge in [0.25, 0.3) is 0 Å². The van der Waals surface area contributed by atoms with Crippen LogP contribution in [0.2, 0.25) is 0 Å². The van der Waals surface area contributed by atoms with E-state index in [2.05, 4.69) is 24.5 Å². The molecule has 2 aliphatic rings. The summed E-state index contributed by atoms with van der Waals surface area (Å²) in [4.78, 5) is 12.2. The molecule has 132 valence electrons. The number of benzene rings is 1. The predicted molar refractivity (Wildman–Crippen MR) is 89.7 cm³/mol. The molecule has 0 aromatic heterocycles. The number of hydrogen-bond acceptors (Lipinski definition) is 3. The standard InChI is InChI=1S/C18H25FN2O3/c1-10(2)24-11-5-6-14(13(19)9-11)20-17(22)21-15-12-7-8-23-16(12)18(15,3)4/h5-6,9-10,12,15-16H,7-8H2,1-4H3,(H2,20,21,22)/t12-,15-,16+/m1/s1. The van der Waals surface area contributed by atoms with Crippen molar-refractivity contribution in [3.63, 3.8) is 0 Å². The maximum Gasteiger partial charge on any atom is 0.319 e. The van der Waals surface area contributed by atoms with E-state index in [-0.39, 0.29) is 29.4 Å². The molecule has 0 unspecified atom stereocenters. The molecule has 2 amide bonds. The zero-order valence-electron chi connectivity index (χ0n) is 14.6. The second kappa shape index (κ2) is 6.24. The van der Waals surface area contributed by atoms with Crippen molar-refractivity contribution in [1.29, 1.82) is 0 Å². The van der Waals surface area contributed by atoms with Gasteiger partial charge in [-0.3, -0.25) is 0 Å². The SMILES string of the molecule is CC(C)Oc1ccc(NC(=O)N[C@@H]2[C@H]3CCO[C@@H]3C2(C)C)c(F)c1. The van der Waals surface area contributed by atoms with Crippen molar-refractivity contribution in [3.05, 3.63) is 24.0 Å². The normalized spacial score (nSPS) is 27.3. The molecule has 0 spiro atoms. The number of ether oxygens (including phenoxy) is 2. The van der Waals surface area contributed by atoms with Gasteiger partial charge in [-0.1, -0.05) is 13.8 Å². The maximum absolute atomic E-state index is 14.1. The van der Waals surface area contributed by atoms with E-state index in [1.54, 1.807) is 6.07 Å². The van der Waals surface area contributed by atoms with Crippen LogP contribution in [0.15, 0.2) is 18.2 Å². The van der Waals surface area contributed by atoms with Crippen LogP contribution >= 0.6 is 0 Å². The summed E-state index contributed by atoms with van der Waals surface area (Å²) in [7, 11) is 0. The molecule has 2 N–H and O–H groups in total. The van der Waals surface area contributed by atoms with E-state index in [1.165, 1.54) is 12.1 Å². The van der Waals surface area contributed by atoms with E-state index in [1.807, 2.05) is 13.8 Å². The smallest absolute Gasteiger partial charge is 0.319 e. The predicted octanol–water partition coefficient (Wildman–Crippen LogP) is 3.55. The Kier molecular flexibility index (Phi) is 4.42. The number of urea groups is 1. The van der Waals surface area contributed by atoms with Crippen LogP contribution in [0, 0.1) is 17.2 Å². The second-order valence-corrected chi connectivity index (χ2v) is 7.45. The Hall–Kier alpha value is -1.82. The third-order valence-corrected chi connectivity index (χ3v) is 4.95. The number of halogens is 1. The van der Waals surface area contributed by atoms with Gasteiger partial charge in [0, 0.05) is 30.0 Å². The third kappa shape index (κ3) is 3.07. The topological polar surface area (TPSA) is 59.6 Å². The maximum atomic E-state index is 14.1. The fourth-order valence-electron chi connectivity index (χ4n) is 3.86. The molecule has 1 aromatic carbocycles. The van der Waals surface area contributed by atoms with Crippen LogP contribution in [0.3, 0.4) is 0 Å². The quantitative estimate of drug-likeness (QED) is 0.884. The van der Waals surface area contributed by atoms with Crippen LogP contribution < -0.4 is 15.4 Å². The van der Waals surface area contributed by atoms with E-state index in [0.29, 0.717) is 11.7 Å². The highest BCUT2D eigenvalue weighted by molar-refractivity contribution is 5.89. The summed E-state index contributed by atoms with van der Waals surface area (Å²) in [6.07, 6.45) is 1.12. The molecule has 1 saturated carbocycles. The van der Waals surface area contributed by atoms with Gasteiger partial charge in [-0.05, 0) is 32.4 Å². The average Bonchev–Trinajstić information content (AvgIpc) is 2.94. The van der Waals surface area contributed by atoms with Crippen LogP contribution in [-0.4, -0.2) is 30.9 Å². The molecule has 1 aliphatic heterocycles. The van der Waals surface area contributed by atoms with Crippen molar-refractivity contribution in [2.75, 3.05) is 11.9 Å². The number of nitrogens with one attached hydrogen (secondary N) is 2. The van der Waals surface area contributed by atoms with Crippen LogP contribution in [0.5, 0.6) is 5.75 Å². The first-order valence-corrected chi connectivity index (χ1v) is 8.44. The van der Waals surface area contributed by atoms with Gasteiger partial charge < -0.3 is 20.1 Å². The van der Waals surface area contributed by atoms with Crippen molar-refractivity contribution < 1.29 is 18.7 Å². The van der Waals surface area contributed by atoms with Crippen LogP contribution in [0.4, 0.5) is 14.9 Å². The van der Waals surface area contributed by atoms with Gasteiger partial charge in [0.1, 0.15) is 11.6 Å². The number of amides is 2. The van der Waals surface area contributed by atoms with E-state index in [4.69, 9.17) is 9.47 Å². The first-order chi connectivity index (χ1) is 11.3. The van der Waals surface area contributed by atoms with Gasteiger partial charge in [0.15, 0.2) is 0 Å². The molecule has 5 nitrogen and oxygen atoms in total. The third-order valence-electron chi connectivity index (χ3n) is 4.95. The minimum absolute atomic E-state index is 0.0334. The Bertz CT molecular complexity index is 633. The Balaban J connectivity index is 1.61. The van der Waals surface area contributed by atoms with E-state index in [9.17, 15) is 9.18 Å². The van der Waals surface area contributed by atoms with Gasteiger partial charge in [0.05, 0.1) is 17.9 Å². The first-order valence-electron chi connectivity index (χ1n) is 8.44. The van der Waals surface area contributed by atoms with Crippen molar-refractivity contribution in [2.45, 2.75) is 52.4 Å². The van der Waals surface area contributed by atoms with E-state index < -0.39 is 11.8 Å². The van der Waals surface area contributed by atoms with Crippen molar-refractivity contribution in [1.82, 2.24) is 5.32 Å². The number of carbonyl (C=O) groups excluding carboxylic acids is 1. The molecule has 6 heteroatoms. The Labute approximate surface area is 141 Å². The summed E-state index contributed by atoms with van der Waals surface area (Å²) in [5.74, 6) is 0.273. The number of rotatable bonds is 4. The summed E-state index contributed by atoms with van der Waals surface area (Å²) in [6.45, 7) is 8.66. The Morgan fingerprint density at radius 1 is 1.42 bits per heavy atom. The molecule has 0 radical (unpaired) electrons. The highest BCUT2D eigenvalue weighted by Crippen LogP contribution is 2.52. The van der Waals surface area contributed by atoms with Gasteiger partial charge >= 0.3 is 6.03 Å². The van der Waals surface area contributed by atoms with E-state index >= 15 is 0 Å². The molecule has 24 heavy (non-hydrogen) atoms. The molecule has 3 atom stereocenters. The molecular formula is C18H25FN2O3. The van der Waals surface area contributed by atoms with Gasteiger partial charge in [-0.25, -0.2) is 9.18 Å². The van der Waals surface area contributed by atoms with Crippen LogP contribution in [-0.2, 0) is 4.74 Å².